The Hall–Kier alpha value is -1.57. The second-order valence-electron chi connectivity index (χ2n) is 5.29. The predicted molar refractivity (Wildman–Crippen MR) is 83.1 cm³/mol. The van der Waals surface area contributed by atoms with Gasteiger partial charge in [0.05, 0.1) is 6.61 Å². The van der Waals surface area contributed by atoms with Gasteiger partial charge in [-0.3, -0.25) is 4.79 Å². The van der Waals surface area contributed by atoms with Crippen LogP contribution in [0.1, 0.15) is 24.8 Å². The van der Waals surface area contributed by atoms with Gasteiger partial charge in [0.25, 0.3) is 0 Å². The number of carboxylic acid groups (broad SMARTS) is 1. The molecule has 1 aromatic rings. The first kappa shape index (κ1) is 16.8. The fourth-order valence-electron chi connectivity index (χ4n) is 2.33. The van der Waals surface area contributed by atoms with Gasteiger partial charge in [-0.05, 0) is 37.0 Å². The molecule has 2 N–H and O–H groups in total. The minimum absolute atomic E-state index is 0.172. The van der Waals surface area contributed by atoms with Gasteiger partial charge in [0.1, 0.15) is 11.8 Å². The van der Waals surface area contributed by atoms with Gasteiger partial charge in [-0.2, -0.15) is 0 Å². The Morgan fingerprint density at radius 3 is 2.82 bits per heavy atom. The molecule has 120 valence electrons. The highest BCUT2D eigenvalue weighted by Crippen LogP contribution is 2.20. The van der Waals surface area contributed by atoms with Crippen molar-refractivity contribution < 1.29 is 24.0 Å². The lowest BCUT2D eigenvalue weighted by molar-refractivity contribution is -0.139. The van der Waals surface area contributed by atoms with Crippen molar-refractivity contribution in [2.45, 2.75) is 38.0 Å². The number of ether oxygens (including phenoxy) is 2. The molecule has 0 aliphatic carbocycles. The van der Waals surface area contributed by atoms with Crippen LogP contribution in [0.3, 0.4) is 0 Å². The van der Waals surface area contributed by atoms with Crippen LogP contribution in [0, 0.1) is 0 Å². The third-order valence-electron chi connectivity index (χ3n) is 3.54. The van der Waals surface area contributed by atoms with E-state index in [1.807, 2.05) is 24.3 Å². The summed E-state index contributed by atoms with van der Waals surface area (Å²) in [6, 6.07) is 6.78. The van der Waals surface area contributed by atoms with Crippen molar-refractivity contribution in [3.63, 3.8) is 0 Å². The summed E-state index contributed by atoms with van der Waals surface area (Å²) in [6.45, 7) is 0.744. The molecular formula is C15H22BNO5. The summed E-state index contributed by atoms with van der Waals surface area (Å²) >= 11 is 0. The highest BCUT2D eigenvalue weighted by molar-refractivity contribution is 6.24. The maximum Gasteiger partial charge on any atom is 0.361 e. The van der Waals surface area contributed by atoms with E-state index in [4.69, 9.17) is 14.1 Å². The largest absolute Gasteiger partial charge is 0.480 e. The number of benzene rings is 1. The molecule has 1 aliphatic rings. The first-order chi connectivity index (χ1) is 10.7. The van der Waals surface area contributed by atoms with E-state index in [2.05, 4.69) is 5.23 Å². The zero-order valence-corrected chi connectivity index (χ0v) is 12.8. The second kappa shape index (κ2) is 8.78. The highest BCUT2D eigenvalue weighted by atomic mass is 16.7. The minimum Gasteiger partial charge on any atom is -0.480 e. The number of hydrogen-bond donors (Lipinski definition) is 2. The Labute approximate surface area is 131 Å². The van der Waals surface area contributed by atoms with Gasteiger partial charge in [0.2, 0.25) is 0 Å². The van der Waals surface area contributed by atoms with Crippen LogP contribution in [-0.4, -0.2) is 44.7 Å². The van der Waals surface area contributed by atoms with Crippen molar-refractivity contribution in [2.24, 2.45) is 0 Å². The SMILES string of the molecule is COBNC(Cc1ccc(OC2CCCCO2)cc1)C(=O)O. The number of carbonyl (C=O) groups is 1. The Morgan fingerprint density at radius 2 is 2.23 bits per heavy atom. The van der Waals surface area contributed by atoms with E-state index in [1.54, 1.807) is 0 Å². The second-order valence-corrected chi connectivity index (χ2v) is 5.29. The zero-order chi connectivity index (χ0) is 15.8. The van der Waals surface area contributed by atoms with Gasteiger partial charge < -0.3 is 24.5 Å². The van der Waals surface area contributed by atoms with Gasteiger partial charge in [0.15, 0.2) is 6.29 Å². The van der Waals surface area contributed by atoms with Crippen molar-refractivity contribution in [3.05, 3.63) is 29.8 Å². The Balaban J connectivity index is 1.88. The molecule has 0 radical (unpaired) electrons. The molecule has 0 bridgehead atoms. The molecule has 1 heterocycles. The summed E-state index contributed by atoms with van der Waals surface area (Å²) in [7, 11) is 1.72. The van der Waals surface area contributed by atoms with E-state index in [0.29, 0.717) is 6.42 Å². The molecule has 0 spiro atoms. The summed E-state index contributed by atoms with van der Waals surface area (Å²) in [4.78, 5) is 11.2. The van der Waals surface area contributed by atoms with Crippen molar-refractivity contribution in [1.29, 1.82) is 0 Å². The molecule has 2 rings (SSSR count). The molecule has 0 amide bonds. The molecule has 22 heavy (non-hydrogen) atoms. The van der Waals surface area contributed by atoms with E-state index >= 15 is 0 Å². The zero-order valence-electron chi connectivity index (χ0n) is 12.8. The van der Waals surface area contributed by atoms with Crippen molar-refractivity contribution in [2.75, 3.05) is 13.7 Å². The van der Waals surface area contributed by atoms with Crippen LogP contribution < -0.4 is 9.96 Å². The number of carboxylic acids is 1. The normalized spacial score (nSPS) is 19.4. The molecule has 0 saturated carbocycles. The van der Waals surface area contributed by atoms with Gasteiger partial charge in [-0.25, -0.2) is 0 Å². The predicted octanol–water partition coefficient (Wildman–Crippen LogP) is 1.09. The molecule has 2 unspecified atom stereocenters. The third kappa shape index (κ3) is 5.33. The summed E-state index contributed by atoms with van der Waals surface area (Å²) < 4.78 is 16.1. The molecule has 2 atom stereocenters. The van der Waals surface area contributed by atoms with E-state index in [9.17, 15) is 9.90 Å². The minimum atomic E-state index is -0.895. The van der Waals surface area contributed by atoms with Crippen LogP contribution in [0.4, 0.5) is 0 Å². The van der Waals surface area contributed by atoms with Crippen LogP contribution in [0.5, 0.6) is 5.75 Å². The molecule has 0 aromatic heterocycles. The summed E-state index contributed by atoms with van der Waals surface area (Å²) in [5, 5.41) is 12.0. The average molecular weight is 307 g/mol. The molecule has 1 aromatic carbocycles. The van der Waals surface area contributed by atoms with E-state index in [0.717, 1.165) is 37.2 Å². The fraction of sp³-hybridized carbons (Fsp3) is 0.533. The fourth-order valence-corrected chi connectivity index (χ4v) is 2.33. The molecular weight excluding hydrogens is 285 g/mol. The standard InChI is InChI=1S/C15H22BNO5/c1-20-16-17-13(15(18)19)10-11-5-7-12(8-6-11)22-14-4-2-3-9-21-14/h5-8,13-14,16-17H,2-4,9-10H2,1H3,(H,18,19). The van der Waals surface area contributed by atoms with Gasteiger partial charge in [-0.15, -0.1) is 0 Å². The molecule has 1 saturated heterocycles. The van der Waals surface area contributed by atoms with Crippen molar-refractivity contribution in [1.82, 2.24) is 5.23 Å². The maximum atomic E-state index is 11.2. The van der Waals surface area contributed by atoms with E-state index < -0.39 is 12.0 Å². The summed E-state index contributed by atoms with van der Waals surface area (Å²) in [6.07, 6.45) is 3.33. The Morgan fingerprint density at radius 1 is 1.45 bits per heavy atom. The van der Waals surface area contributed by atoms with Crippen LogP contribution in [0.15, 0.2) is 24.3 Å². The smallest absolute Gasteiger partial charge is 0.361 e. The number of nitrogens with one attached hydrogen (secondary N) is 1. The average Bonchev–Trinajstić information content (AvgIpc) is 2.54. The lowest BCUT2D eigenvalue weighted by atomic mass is 10.0. The maximum absolute atomic E-state index is 11.2. The van der Waals surface area contributed by atoms with E-state index in [-0.39, 0.29) is 13.9 Å². The summed E-state index contributed by atoms with van der Waals surface area (Å²) in [5.41, 5.74) is 0.924. The topological polar surface area (TPSA) is 77.0 Å². The van der Waals surface area contributed by atoms with Gasteiger partial charge >= 0.3 is 13.6 Å². The first-order valence-electron chi connectivity index (χ1n) is 7.51. The van der Waals surface area contributed by atoms with Crippen LogP contribution in [0.2, 0.25) is 0 Å². The van der Waals surface area contributed by atoms with Crippen LogP contribution >= 0.6 is 0 Å². The van der Waals surface area contributed by atoms with E-state index in [1.165, 1.54) is 7.11 Å². The van der Waals surface area contributed by atoms with Gasteiger partial charge in [0, 0.05) is 13.5 Å². The lowest BCUT2D eigenvalue weighted by Crippen LogP contribution is -2.41. The highest BCUT2D eigenvalue weighted by Gasteiger charge is 2.18. The van der Waals surface area contributed by atoms with Crippen molar-refractivity contribution >= 4 is 13.6 Å². The number of rotatable bonds is 8. The lowest BCUT2D eigenvalue weighted by Gasteiger charge is -2.23. The van der Waals surface area contributed by atoms with Crippen LogP contribution in [0.25, 0.3) is 0 Å². The summed E-state index contributed by atoms with van der Waals surface area (Å²) in [5.74, 6) is -0.152. The van der Waals surface area contributed by atoms with Crippen LogP contribution in [-0.2, 0) is 20.6 Å². The molecule has 7 heteroatoms. The quantitative estimate of drug-likeness (QED) is 0.700. The monoisotopic (exact) mass is 307 g/mol. The molecule has 1 fully saturated rings. The third-order valence-corrected chi connectivity index (χ3v) is 3.54. The Kier molecular flexibility index (Phi) is 6.70. The number of hydrogen-bond acceptors (Lipinski definition) is 5. The van der Waals surface area contributed by atoms with Crippen molar-refractivity contribution in [3.8, 4) is 5.75 Å². The van der Waals surface area contributed by atoms with Gasteiger partial charge in [-0.1, -0.05) is 12.1 Å². The molecule has 6 nitrogen and oxygen atoms in total. The molecule has 1 aliphatic heterocycles. The first-order valence-corrected chi connectivity index (χ1v) is 7.51. The Bertz CT molecular complexity index is 462. The number of aliphatic carboxylic acids is 1.